The van der Waals surface area contributed by atoms with Crippen molar-refractivity contribution in [1.82, 2.24) is 4.98 Å². The van der Waals surface area contributed by atoms with E-state index in [0.29, 0.717) is 5.69 Å². The fourth-order valence-corrected chi connectivity index (χ4v) is 1.19. The molecule has 0 saturated carbocycles. The molecule has 0 aliphatic heterocycles. The molecular formula is C10H9ClN2O2. The highest BCUT2D eigenvalue weighted by atomic mass is 35.5. The van der Waals surface area contributed by atoms with Gasteiger partial charge in [0.2, 0.25) is 0 Å². The summed E-state index contributed by atoms with van der Waals surface area (Å²) in [4.78, 5) is 14.6. The summed E-state index contributed by atoms with van der Waals surface area (Å²) in [5.74, 6) is -1.16. The number of carboxylic acid groups (broad SMARTS) is 1. The third-order valence-electron chi connectivity index (χ3n) is 1.93. The average molecular weight is 225 g/mol. The van der Waals surface area contributed by atoms with Gasteiger partial charge in [-0.3, -0.25) is 0 Å². The Bertz CT molecular complexity index is 449. The van der Waals surface area contributed by atoms with Crippen molar-refractivity contribution in [2.45, 2.75) is 19.3 Å². The molecule has 4 nitrogen and oxygen atoms in total. The number of hydrogen-bond donors (Lipinski definition) is 1. The molecule has 0 aliphatic carbocycles. The molecule has 1 aromatic heterocycles. The zero-order valence-corrected chi connectivity index (χ0v) is 9.04. The fraction of sp³-hybridized carbons (Fsp3) is 0.300. The number of aromatic carboxylic acids is 1. The van der Waals surface area contributed by atoms with Crippen LogP contribution in [0.5, 0.6) is 0 Å². The minimum Gasteiger partial charge on any atom is -0.477 e. The summed E-state index contributed by atoms with van der Waals surface area (Å²) >= 11 is 5.74. The van der Waals surface area contributed by atoms with E-state index in [2.05, 4.69) is 4.98 Å². The van der Waals surface area contributed by atoms with Gasteiger partial charge in [-0.2, -0.15) is 5.26 Å². The van der Waals surface area contributed by atoms with Crippen LogP contribution in [-0.4, -0.2) is 16.1 Å². The Kier molecular flexibility index (Phi) is 2.96. The van der Waals surface area contributed by atoms with Gasteiger partial charge in [0.25, 0.3) is 0 Å². The third kappa shape index (κ3) is 2.45. The van der Waals surface area contributed by atoms with Crippen LogP contribution >= 0.6 is 11.6 Å². The predicted octanol–water partition coefficient (Wildman–Crippen LogP) is 2.23. The molecule has 5 heteroatoms. The van der Waals surface area contributed by atoms with Gasteiger partial charge in [0, 0.05) is 5.02 Å². The van der Waals surface area contributed by atoms with Crippen molar-refractivity contribution < 1.29 is 9.90 Å². The van der Waals surface area contributed by atoms with Crippen LogP contribution in [-0.2, 0) is 5.41 Å². The lowest BCUT2D eigenvalue weighted by Gasteiger charge is -2.15. The Morgan fingerprint density at radius 2 is 2.20 bits per heavy atom. The highest BCUT2D eigenvalue weighted by Gasteiger charge is 2.23. The number of rotatable bonds is 2. The van der Waals surface area contributed by atoms with E-state index in [-0.39, 0.29) is 10.7 Å². The highest BCUT2D eigenvalue weighted by Crippen LogP contribution is 2.23. The summed E-state index contributed by atoms with van der Waals surface area (Å²) in [6.45, 7) is 3.30. The smallest absolute Gasteiger partial charge is 0.354 e. The largest absolute Gasteiger partial charge is 0.477 e. The predicted molar refractivity (Wildman–Crippen MR) is 54.8 cm³/mol. The Morgan fingerprint density at radius 1 is 1.60 bits per heavy atom. The Balaban J connectivity index is 3.34. The maximum absolute atomic E-state index is 10.7. The second kappa shape index (κ2) is 3.87. The Hall–Kier alpha value is -1.60. The van der Waals surface area contributed by atoms with E-state index >= 15 is 0 Å². The molecule has 0 fully saturated rings. The quantitative estimate of drug-likeness (QED) is 0.836. The van der Waals surface area contributed by atoms with Crippen LogP contribution in [0.2, 0.25) is 5.02 Å². The molecule has 0 aromatic carbocycles. The molecule has 0 atom stereocenters. The monoisotopic (exact) mass is 224 g/mol. The van der Waals surface area contributed by atoms with Crippen LogP contribution in [0.4, 0.5) is 0 Å². The minimum atomic E-state index is -1.16. The molecule has 0 amide bonds. The lowest BCUT2D eigenvalue weighted by atomic mass is 9.91. The highest BCUT2D eigenvalue weighted by molar-refractivity contribution is 6.30. The normalized spacial score (nSPS) is 10.8. The summed E-state index contributed by atoms with van der Waals surface area (Å²) in [7, 11) is 0. The van der Waals surface area contributed by atoms with Gasteiger partial charge in [-0.1, -0.05) is 11.6 Å². The first-order chi connectivity index (χ1) is 6.86. The first-order valence-corrected chi connectivity index (χ1v) is 4.57. The minimum absolute atomic E-state index is 0.152. The SMILES string of the molecule is CC(C)(C#N)c1cc(Cl)cc(C(=O)O)n1. The van der Waals surface area contributed by atoms with E-state index in [1.165, 1.54) is 12.1 Å². The zero-order valence-electron chi connectivity index (χ0n) is 8.28. The van der Waals surface area contributed by atoms with E-state index in [4.69, 9.17) is 22.0 Å². The van der Waals surface area contributed by atoms with Crippen molar-refractivity contribution in [3.63, 3.8) is 0 Å². The van der Waals surface area contributed by atoms with Crippen molar-refractivity contribution in [1.29, 1.82) is 5.26 Å². The molecule has 0 radical (unpaired) electrons. The number of halogens is 1. The number of hydrogen-bond acceptors (Lipinski definition) is 3. The molecule has 1 aromatic rings. The summed E-state index contributed by atoms with van der Waals surface area (Å²) in [6.07, 6.45) is 0. The first kappa shape index (κ1) is 11.5. The van der Waals surface area contributed by atoms with Crippen LogP contribution in [0.3, 0.4) is 0 Å². The van der Waals surface area contributed by atoms with Gasteiger partial charge in [0.15, 0.2) is 0 Å². The molecule has 15 heavy (non-hydrogen) atoms. The average Bonchev–Trinajstić information content (AvgIpc) is 2.16. The summed E-state index contributed by atoms with van der Waals surface area (Å²) in [5.41, 5.74) is -0.648. The van der Waals surface area contributed by atoms with Gasteiger partial charge in [-0.15, -0.1) is 0 Å². The van der Waals surface area contributed by atoms with Crippen molar-refractivity contribution >= 4 is 17.6 Å². The van der Waals surface area contributed by atoms with Gasteiger partial charge in [-0.05, 0) is 26.0 Å². The van der Waals surface area contributed by atoms with Crippen LogP contribution in [0.1, 0.15) is 30.0 Å². The van der Waals surface area contributed by atoms with Crippen LogP contribution in [0, 0.1) is 11.3 Å². The van der Waals surface area contributed by atoms with Crippen LogP contribution in [0.25, 0.3) is 0 Å². The number of nitriles is 1. The molecule has 0 unspecified atom stereocenters. The maximum atomic E-state index is 10.7. The second-order valence-electron chi connectivity index (χ2n) is 3.60. The van der Waals surface area contributed by atoms with Gasteiger partial charge >= 0.3 is 5.97 Å². The standard InChI is InChI=1S/C10H9ClN2O2/c1-10(2,5-12)8-4-6(11)3-7(13-8)9(14)15/h3-4H,1-2H3,(H,14,15). The van der Waals surface area contributed by atoms with E-state index in [0.717, 1.165) is 0 Å². The molecule has 1 N–H and O–H groups in total. The van der Waals surface area contributed by atoms with E-state index in [9.17, 15) is 4.79 Å². The van der Waals surface area contributed by atoms with E-state index in [1.807, 2.05) is 6.07 Å². The van der Waals surface area contributed by atoms with Crippen molar-refractivity contribution in [2.24, 2.45) is 0 Å². The van der Waals surface area contributed by atoms with Crippen molar-refractivity contribution in [3.8, 4) is 6.07 Å². The third-order valence-corrected chi connectivity index (χ3v) is 2.15. The number of carboxylic acids is 1. The number of nitrogens with zero attached hydrogens (tertiary/aromatic N) is 2. The van der Waals surface area contributed by atoms with Gasteiger partial charge < -0.3 is 5.11 Å². The summed E-state index contributed by atoms with van der Waals surface area (Å²) in [5, 5.41) is 17.9. The lowest BCUT2D eigenvalue weighted by molar-refractivity contribution is 0.0690. The summed E-state index contributed by atoms with van der Waals surface area (Å²) in [6, 6.07) is 4.78. The number of pyridine rings is 1. The number of aromatic nitrogens is 1. The van der Waals surface area contributed by atoms with Crippen molar-refractivity contribution in [2.75, 3.05) is 0 Å². The van der Waals surface area contributed by atoms with Crippen LogP contribution < -0.4 is 0 Å². The molecule has 1 rings (SSSR count). The molecule has 0 aliphatic rings. The summed E-state index contributed by atoms with van der Waals surface area (Å²) < 4.78 is 0. The van der Waals surface area contributed by atoms with Crippen LogP contribution in [0.15, 0.2) is 12.1 Å². The Labute approximate surface area is 92.1 Å². The topological polar surface area (TPSA) is 74.0 Å². The van der Waals surface area contributed by atoms with E-state index in [1.54, 1.807) is 13.8 Å². The van der Waals surface area contributed by atoms with Gasteiger partial charge in [0.05, 0.1) is 17.2 Å². The number of carbonyl (C=O) groups is 1. The van der Waals surface area contributed by atoms with Gasteiger partial charge in [0.1, 0.15) is 5.69 Å². The van der Waals surface area contributed by atoms with Crippen molar-refractivity contribution in [3.05, 3.63) is 28.5 Å². The second-order valence-corrected chi connectivity index (χ2v) is 4.03. The molecule has 1 heterocycles. The first-order valence-electron chi connectivity index (χ1n) is 4.19. The van der Waals surface area contributed by atoms with E-state index < -0.39 is 11.4 Å². The molecule has 78 valence electrons. The fourth-order valence-electron chi connectivity index (χ4n) is 0.984. The molecule has 0 bridgehead atoms. The Morgan fingerprint density at radius 3 is 2.67 bits per heavy atom. The van der Waals surface area contributed by atoms with Gasteiger partial charge in [-0.25, -0.2) is 9.78 Å². The molecular weight excluding hydrogens is 216 g/mol. The molecule has 0 saturated heterocycles. The lowest BCUT2D eigenvalue weighted by Crippen LogP contribution is -2.17. The molecule has 0 spiro atoms. The maximum Gasteiger partial charge on any atom is 0.354 e. The zero-order chi connectivity index (χ0) is 11.6.